The molecule has 1 N–H and O–H groups in total. The van der Waals surface area contributed by atoms with Crippen LogP contribution >= 0.6 is 0 Å². The molecule has 9 nitrogen and oxygen atoms in total. The number of carbonyl (C=O) groups is 1. The highest BCUT2D eigenvalue weighted by atomic mass is 32.2. The number of furan rings is 1. The fourth-order valence-electron chi connectivity index (χ4n) is 3.85. The Labute approximate surface area is 190 Å². The highest BCUT2D eigenvalue weighted by molar-refractivity contribution is 7.90. The van der Waals surface area contributed by atoms with Gasteiger partial charge in [-0.05, 0) is 50.8 Å². The smallest absolute Gasteiger partial charge is 0.410 e. The Bertz CT molecular complexity index is 1280. The largest absolute Gasteiger partial charge is 0.458 e. The van der Waals surface area contributed by atoms with E-state index in [0.717, 1.165) is 30.7 Å². The van der Waals surface area contributed by atoms with Gasteiger partial charge < -0.3 is 19.4 Å². The molecular formula is C22H25FN4O5S. The van der Waals surface area contributed by atoms with Crippen LogP contribution in [0.2, 0.25) is 0 Å². The Morgan fingerprint density at radius 1 is 1.27 bits per heavy atom. The Kier molecular flexibility index (Phi) is 6.24. The second-order valence-electron chi connectivity index (χ2n) is 8.32. The molecule has 0 unspecified atom stereocenters. The van der Waals surface area contributed by atoms with E-state index in [0.29, 0.717) is 24.2 Å². The molecule has 1 aliphatic heterocycles. The number of sulfone groups is 1. The zero-order chi connectivity index (χ0) is 23.8. The maximum atomic E-state index is 14.5. The number of nitrogens with zero attached hydrogens (tertiary/aromatic N) is 3. The molecule has 0 saturated carbocycles. The van der Waals surface area contributed by atoms with Crippen molar-refractivity contribution < 1.29 is 26.8 Å². The summed E-state index contributed by atoms with van der Waals surface area (Å²) >= 11 is 0. The molecule has 2 aromatic heterocycles. The first kappa shape index (κ1) is 23.0. The Balaban J connectivity index is 1.53. The van der Waals surface area contributed by atoms with Crippen LogP contribution in [0.15, 0.2) is 40.1 Å². The molecule has 176 valence electrons. The van der Waals surface area contributed by atoms with E-state index >= 15 is 0 Å². The van der Waals surface area contributed by atoms with Gasteiger partial charge in [-0.25, -0.2) is 27.6 Å². The van der Waals surface area contributed by atoms with Gasteiger partial charge in [0, 0.05) is 24.9 Å². The lowest BCUT2D eigenvalue weighted by molar-refractivity contribution is 0.0692. The number of ether oxygens (including phenoxy) is 1. The van der Waals surface area contributed by atoms with Gasteiger partial charge in [0.2, 0.25) is 0 Å². The number of rotatable bonds is 5. The summed E-state index contributed by atoms with van der Waals surface area (Å²) in [7, 11) is -3.52. The Hall–Kier alpha value is -3.21. The molecule has 1 amide bonds. The summed E-state index contributed by atoms with van der Waals surface area (Å²) in [6.45, 7) is 4.77. The van der Waals surface area contributed by atoms with Crippen molar-refractivity contribution in [3.05, 3.63) is 42.2 Å². The number of aromatic nitrogens is 2. The standard InChI is InChI=1S/C22H25FN4O5S/c1-13(2)32-22(28)27-8-6-14(7-9-27)16-11-31-20-19(16)24-12-25-21(20)26-18-5-4-15(10-17(18)23)33(3,29)30/h4-5,10-14H,6-9H2,1-3H3,(H,24,25,26). The van der Waals surface area contributed by atoms with Crippen LogP contribution in [0, 0.1) is 5.82 Å². The molecule has 0 radical (unpaired) electrons. The molecule has 3 heterocycles. The van der Waals surface area contributed by atoms with Crippen LogP contribution in [0.5, 0.6) is 0 Å². The van der Waals surface area contributed by atoms with Crippen LogP contribution in [-0.2, 0) is 14.6 Å². The van der Waals surface area contributed by atoms with E-state index in [1.165, 1.54) is 18.5 Å². The lowest BCUT2D eigenvalue weighted by Gasteiger charge is -2.31. The molecule has 33 heavy (non-hydrogen) atoms. The first-order chi connectivity index (χ1) is 15.6. The predicted octanol–water partition coefficient (Wildman–Crippen LogP) is 4.23. The van der Waals surface area contributed by atoms with E-state index in [9.17, 15) is 17.6 Å². The van der Waals surface area contributed by atoms with Crippen LogP contribution in [0.25, 0.3) is 11.1 Å². The molecule has 1 saturated heterocycles. The maximum Gasteiger partial charge on any atom is 0.410 e. The van der Waals surface area contributed by atoms with Crippen LogP contribution in [0.4, 0.5) is 20.7 Å². The van der Waals surface area contributed by atoms with Crippen molar-refractivity contribution in [1.29, 1.82) is 0 Å². The first-order valence-corrected chi connectivity index (χ1v) is 12.5. The van der Waals surface area contributed by atoms with Crippen LogP contribution in [0.1, 0.15) is 38.2 Å². The van der Waals surface area contributed by atoms with Crippen molar-refractivity contribution in [3.63, 3.8) is 0 Å². The second-order valence-corrected chi connectivity index (χ2v) is 10.3. The summed E-state index contributed by atoms with van der Waals surface area (Å²) in [5, 5.41) is 2.87. The molecule has 3 aromatic rings. The summed E-state index contributed by atoms with van der Waals surface area (Å²) in [5.74, 6) is -0.310. The van der Waals surface area contributed by atoms with Gasteiger partial charge in [-0.15, -0.1) is 0 Å². The molecule has 1 fully saturated rings. The van der Waals surface area contributed by atoms with Crippen molar-refractivity contribution in [3.8, 4) is 0 Å². The molecule has 1 aliphatic rings. The van der Waals surface area contributed by atoms with Crippen LogP contribution in [-0.4, -0.2) is 54.8 Å². The topological polar surface area (TPSA) is 115 Å². The minimum atomic E-state index is -3.52. The number of nitrogens with one attached hydrogen (secondary N) is 1. The monoisotopic (exact) mass is 476 g/mol. The number of anilines is 2. The van der Waals surface area contributed by atoms with E-state index < -0.39 is 15.7 Å². The fraction of sp³-hybridized carbons (Fsp3) is 0.409. The van der Waals surface area contributed by atoms with E-state index in [1.807, 2.05) is 13.8 Å². The normalized spacial score (nSPS) is 15.2. The van der Waals surface area contributed by atoms with Crippen molar-refractivity contribution in [2.75, 3.05) is 24.7 Å². The molecule has 0 aliphatic carbocycles. The number of benzene rings is 1. The van der Waals surface area contributed by atoms with Gasteiger partial charge >= 0.3 is 6.09 Å². The number of amides is 1. The number of hydrogen-bond donors (Lipinski definition) is 1. The van der Waals surface area contributed by atoms with Crippen molar-refractivity contribution in [2.45, 2.75) is 43.6 Å². The molecule has 0 bridgehead atoms. The summed E-state index contributed by atoms with van der Waals surface area (Å²) in [4.78, 5) is 22.2. The summed E-state index contributed by atoms with van der Waals surface area (Å²) in [5.41, 5.74) is 1.96. The zero-order valence-corrected chi connectivity index (χ0v) is 19.4. The lowest BCUT2D eigenvalue weighted by atomic mass is 9.90. The third-order valence-electron chi connectivity index (χ3n) is 5.53. The van der Waals surface area contributed by atoms with Gasteiger partial charge in [-0.2, -0.15) is 0 Å². The van der Waals surface area contributed by atoms with E-state index in [4.69, 9.17) is 9.15 Å². The quantitative estimate of drug-likeness (QED) is 0.582. The average Bonchev–Trinajstić information content (AvgIpc) is 3.19. The number of hydrogen-bond acceptors (Lipinski definition) is 8. The number of likely N-dealkylation sites (tertiary alicyclic amines) is 1. The summed E-state index contributed by atoms with van der Waals surface area (Å²) in [6, 6.07) is 3.63. The van der Waals surface area contributed by atoms with Crippen molar-refractivity contribution in [1.82, 2.24) is 14.9 Å². The molecule has 0 spiro atoms. The van der Waals surface area contributed by atoms with Gasteiger partial charge in [0.15, 0.2) is 21.2 Å². The molecule has 1 aromatic carbocycles. The maximum absolute atomic E-state index is 14.5. The van der Waals surface area contributed by atoms with E-state index in [-0.39, 0.29) is 34.5 Å². The average molecular weight is 477 g/mol. The van der Waals surface area contributed by atoms with Crippen LogP contribution < -0.4 is 5.32 Å². The van der Waals surface area contributed by atoms with Gasteiger partial charge in [-0.3, -0.25) is 0 Å². The fourth-order valence-corrected chi connectivity index (χ4v) is 4.49. The minimum Gasteiger partial charge on any atom is -0.458 e. The van der Waals surface area contributed by atoms with Gasteiger partial charge in [0.05, 0.1) is 22.9 Å². The minimum absolute atomic E-state index is 0.0670. The Morgan fingerprint density at radius 3 is 2.64 bits per heavy atom. The molecular weight excluding hydrogens is 451 g/mol. The number of halogens is 1. The second kappa shape index (κ2) is 8.97. The van der Waals surface area contributed by atoms with Crippen molar-refractivity contribution >= 4 is 38.5 Å². The van der Waals surface area contributed by atoms with Gasteiger partial charge in [0.25, 0.3) is 0 Å². The van der Waals surface area contributed by atoms with E-state index in [2.05, 4.69) is 15.3 Å². The third kappa shape index (κ3) is 4.92. The lowest BCUT2D eigenvalue weighted by Crippen LogP contribution is -2.39. The predicted molar refractivity (Wildman–Crippen MR) is 120 cm³/mol. The summed E-state index contributed by atoms with van der Waals surface area (Å²) in [6.07, 6.45) is 5.00. The van der Waals surface area contributed by atoms with Gasteiger partial charge in [0.1, 0.15) is 17.7 Å². The SMILES string of the molecule is CC(C)OC(=O)N1CCC(c2coc3c(Nc4ccc(S(C)(=O)=O)cc4F)ncnc23)CC1. The number of carbonyl (C=O) groups excluding carboxylic acids is 1. The molecule has 0 atom stereocenters. The third-order valence-corrected chi connectivity index (χ3v) is 6.64. The van der Waals surface area contributed by atoms with Gasteiger partial charge in [-0.1, -0.05) is 0 Å². The zero-order valence-electron chi connectivity index (χ0n) is 18.5. The highest BCUT2D eigenvalue weighted by Gasteiger charge is 2.28. The number of piperidine rings is 1. The van der Waals surface area contributed by atoms with Crippen LogP contribution in [0.3, 0.4) is 0 Å². The highest BCUT2D eigenvalue weighted by Crippen LogP contribution is 2.36. The molecule has 11 heteroatoms. The summed E-state index contributed by atoms with van der Waals surface area (Å²) < 4.78 is 48.8. The number of fused-ring (bicyclic) bond motifs is 1. The first-order valence-electron chi connectivity index (χ1n) is 10.6. The van der Waals surface area contributed by atoms with Crippen molar-refractivity contribution in [2.24, 2.45) is 0 Å². The Morgan fingerprint density at radius 2 is 2.00 bits per heavy atom. The van der Waals surface area contributed by atoms with E-state index in [1.54, 1.807) is 11.2 Å². The molecule has 4 rings (SSSR count).